The summed E-state index contributed by atoms with van der Waals surface area (Å²) in [6.07, 6.45) is 2.71. The Hall–Kier alpha value is -3.68. The maximum atomic E-state index is 12.6. The highest BCUT2D eigenvalue weighted by molar-refractivity contribution is 5.94. The zero-order valence-corrected chi connectivity index (χ0v) is 17.6. The number of piperidine rings is 1. The maximum Gasteiger partial charge on any atom is 0.260 e. The summed E-state index contributed by atoms with van der Waals surface area (Å²) >= 11 is 0. The molecule has 2 aliphatic heterocycles. The number of fused-ring (bicyclic) bond motifs is 1. The number of ether oxygens (including phenoxy) is 1. The van der Waals surface area contributed by atoms with E-state index in [0.29, 0.717) is 43.4 Å². The molecule has 8 nitrogen and oxygen atoms in total. The van der Waals surface area contributed by atoms with E-state index in [1.807, 2.05) is 47.4 Å². The number of aryl methyl sites for hydroxylation is 1. The van der Waals surface area contributed by atoms with Crippen LogP contribution in [-0.2, 0) is 16.0 Å². The smallest absolute Gasteiger partial charge is 0.260 e. The van der Waals surface area contributed by atoms with Gasteiger partial charge in [0, 0.05) is 36.7 Å². The van der Waals surface area contributed by atoms with E-state index in [2.05, 4.69) is 15.5 Å². The number of hydrogen-bond acceptors (Lipinski definition) is 6. The number of nitrogens with zero attached hydrogens (tertiary/aromatic N) is 3. The summed E-state index contributed by atoms with van der Waals surface area (Å²) < 4.78 is 11.2. The lowest BCUT2D eigenvalue weighted by atomic mass is 9.97. The van der Waals surface area contributed by atoms with E-state index in [4.69, 9.17) is 9.26 Å². The van der Waals surface area contributed by atoms with Gasteiger partial charge < -0.3 is 19.5 Å². The lowest BCUT2D eigenvalue weighted by molar-refractivity contribution is -0.134. The Morgan fingerprint density at radius 3 is 2.75 bits per heavy atom. The third-order valence-electron chi connectivity index (χ3n) is 6.01. The molecule has 0 bridgehead atoms. The molecule has 2 aliphatic rings. The Kier molecular flexibility index (Phi) is 5.58. The van der Waals surface area contributed by atoms with Gasteiger partial charge in [0.25, 0.3) is 5.91 Å². The van der Waals surface area contributed by atoms with Gasteiger partial charge in [0.05, 0.1) is 0 Å². The van der Waals surface area contributed by atoms with Gasteiger partial charge in [-0.15, -0.1) is 0 Å². The molecule has 2 aromatic carbocycles. The molecule has 5 rings (SSSR count). The Morgan fingerprint density at radius 1 is 1.12 bits per heavy atom. The molecular weight excluding hydrogens is 408 g/mol. The van der Waals surface area contributed by atoms with Crippen LogP contribution in [0.2, 0.25) is 0 Å². The molecule has 0 unspecified atom stereocenters. The Balaban J connectivity index is 1.13. The van der Waals surface area contributed by atoms with E-state index in [1.165, 1.54) is 0 Å². The van der Waals surface area contributed by atoms with Crippen LogP contribution in [0.5, 0.6) is 5.75 Å². The second kappa shape index (κ2) is 8.82. The summed E-state index contributed by atoms with van der Waals surface area (Å²) in [5.74, 6) is 2.01. The zero-order chi connectivity index (χ0) is 21.9. The van der Waals surface area contributed by atoms with E-state index in [-0.39, 0.29) is 24.3 Å². The van der Waals surface area contributed by atoms with Gasteiger partial charge in [-0.1, -0.05) is 35.5 Å². The van der Waals surface area contributed by atoms with Crippen LogP contribution in [0, 0.1) is 0 Å². The normalized spacial score (nSPS) is 16.4. The summed E-state index contributed by atoms with van der Waals surface area (Å²) in [5.41, 5.74) is 2.78. The van der Waals surface area contributed by atoms with Gasteiger partial charge in [0.15, 0.2) is 6.61 Å². The first-order valence-electron chi connectivity index (χ1n) is 10.9. The van der Waals surface area contributed by atoms with Crippen molar-refractivity contribution in [2.45, 2.75) is 31.6 Å². The number of likely N-dealkylation sites (tertiary alicyclic amines) is 1. The summed E-state index contributed by atoms with van der Waals surface area (Å²) in [4.78, 5) is 30.5. The van der Waals surface area contributed by atoms with E-state index in [1.54, 1.807) is 6.07 Å². The van der Waals surface area contributed by atoms with Crippen molar-refractivity contribution in [1.29, 1.82) is 0 Å². The lowest BCUT2D eigenvalue weighted by Gasteiger charge is -2.30. The van der Waals surface area contributed by atoms with Gasteiger partial charge in [-0.2, -0.15) is 4.98 Å². The fraction of sp³-hybridized carbons (Fsp3) is 0.333. The van der Waals surface area contributed by atoms with Crippen LogP contribution in [0.15, 0.2) is 53.1 Å². The number of benzene rings is 2. The van der Waals surface area contributed by atoms with Crippen LogP contribution < -0.4 is 10.1 Å². The number of nitrogens with one attached hydrogen (secondary N) is 1. The van der Waals surface area contributed by atoms with Gasteiger partial charge >= 0.3 is 0 Å². The molecule has 0 radical (unpaired) electrons. The number of hydrogen-bond donors (Lipinski definition) is 1. The average molecular weight is 432 g/mol. The van der Waals surface area contributed by atoms with Crippen LogP contribution >= 0.6 is 0 Å². The number of aromatic nitrogens is 2. The highest BCUT2D eigenvalue weighted by Crippen LogP contribution is 2.29. The molecule has 0 aliphatic carbocycles. The van der Waals surface area contributed by atoms with Gasteiger partial charge in [-0.05, 0) is 43.0 Å². The molecule has 1 fully saturated rings. The van der Waals surface area contributed by atoms with Crippen LogP contribution in [0.4, 0.5) is 5.69 Å². The molecule has 164 valence electrons. The number of amides is 2. The topological polar surface area (TPSA) is 97.6 Å². The summed E-state index contributed by atoms with van der Waals surface area (Å²) in [7, 11) is 0. The standard InChI is InChI=1S/C24H24N4O4/c29-21-9-6-18-14-19(7-8-20(18)25-21)31-15-22(30)28-12-10-17(11-13-28)24-26-23(27-32-24)16-4-2-1-3-5-16/h1-5,7-8,14,17H,6,9-13,15H2,(H,25,29). The van der Waals surface area contributed by atoms with Crippen molar-refractivity contribution in [3.63, 3.8) is 0 Å². The van der Waals surface area contributed by atoms with Gasteiger partial charge in [0.2, 0.25) is 17.6 Å². The number of carbonyl (C=O) groups is 2. The quantitative estimate of drug-likeness (QED) is 0.664. The molecule has 0 atom stereocenters. The van der Waals surface area contributed by atoms with Crippen LogP contribution in [0.25, 0.3) is 11.4 Å². The van der Waals surface area contributed by atoms with Crippen molar-refractivity contribution in [3.8, 4) is 17.1 Å². The summed E-state index contributed by atoms with van der Waals surface area (Å²) in [5, 5.41) is 6.95. The minimum atomic E-state index is -0.0371. The maximum absolute atomic E-state index is 12.6. The summed E-state index contributed by atoms with van der Waals surface area (Å²) in [6, 6.07) is 15.2. The third kappa shape index (κ3) is 4.34. The molecule has 2 amide bonds. The van der Waals surface area contributed by atoms with Crippen molar-refractivity contribution in [1.82, 2.24) is 15.0 Å². The SMILES string of the molecule is O=C1CCc2cc(OCC(=O)N3CCC(c4nc(-c5ccccc5)no4)CC3)ccc2N1. The van der Waals surface area contributed by atoms with E-state index in [9.17, 15) is 9.59 Å². The molecule has 32 heavy (non-hydrogen) atoms. The van der Waals surface area contributed by atoms with Crippen LogP contribution in [0.3, 0.4) is 0 Å². The van der Waals surface area contributed by atoms with E-state index < -0.39 is 0 Å². The Morgan fingerprint density at radius 2 is 1.94 bits per heavy atom. The number of carbonyl (C=O) groups excluding carboxylic acids is 2. The van der Waals surface area contributed by atoms with E-state index in [0.717, 1.165) is 29.7 Å². The molecule has 0 spiro atoms. The van der Waals surface area contributed by atoms with Gasteiger partial charge in [-0.3, -0.25) is 9.59 Å². The first-order chi connectivity index (χ1) is 15.7. The molecule has 3 heterocycles. The monoisotopic (exact) mass is 432 g/mol. The van der Waals surface area contributed by atoms with Crippen LogP contribution in [-0.4, -0.2) is 46.6 Å². The molecule has 0 saturated carbocycles. The second-order valence-corrected chi connectivity index (χ2v) is 8.13. The largest absolute Gasteiger partial charge is 0.484 e. The van der Waals surface area contributed by atoms with Gasteiger partial charge in [-0.25, -0.2) is 0 Å². The molecule has 3 aromatic rings. The average Bonchev–Trinajstić information content (AvgIpc) is 3.33. The van der Waals surface area contributed by atoms with Crippen molar-refractivity contribution >= 4 is 17.5 Å². The van der Waals surface area contributed by atoms with Crippen molar-refractivity contribution in [3.05, 3.63) is 60.0 Å². The lowest BCUT2D eigenvalue weighted by Crippen LogP contribution is -2.40. The van der Waals surface area contributed by atoms with Crippen molar-refractivity contribution in [2.75, 3.05) is 25.0 Å². The molecular formula is C24H24N4O4. The zero-order valence-electron chi connectivity index (χ0n) is 17.6. The minimum absolute atomic E-state index is 0.00543. The first kappa shape index (κ1) is 20.2. The molecule has 1 saturated heterocycles. The van der Waals surface area contributed by atoms with Crippen LogP contribution in [0.1, 0.15) is 36.6 Å². The Bertz CT molecular complexity index is 1120. The van der Waals surface area contributed by atoms with Crippen molar-refractivity contribution in [2.24, 2.45) is 0 Å². The second-order valence-electron chi connectivity index (χ2n) is 8.13. The predicted octanol–water partition coefficient (Wildman–Crippen LogP) is 3.41. The molecule has 1 aromatic heterocycles. The van der Waals surface area contributed by atoms with E-state index >= 15 is 0 Å². The first-order valence-corrected chi connectivity index (χ1v) is 10.9. The number of rotatable bonds is 5. The highest BCUT2D eigenvalue weighted by Gasteiger charge is 2.28. The third-order valence-corrected chi connectivity index (χ3v) is 6.01. The fourth-order valence-corrected chi connectivity index (χ4v) is 4.17. The fourth-order valence-electron chi connectivity index (χ4n) is 4.17. The van der Waals surface area contributed by atoms with Crippen molar-refractivity contribution < 1.29 is 18.8 Å². The summed E-state index contributed by atoms with van der Waals surface area (Å²) in [6.45, 7) is 1.26. The minimum Gasteiger partial charge on any atom is -0.484 e. The van der Waals surface area contributed by atoms with Gasteiger partial charge in [0.1, 0.15) is 5.75 Å². The number of anilines is 1. The molecule has 8 heteroatoms. The highest BCUT2D eigenvalue weighted by atomic mass is 16.5. The predicted molar refractivity (Wildman–Crippen MR) is 117 cm³/mol. The molecule has 1 N–H and O–H groups in total. The Labute approximate surface area is 185 Å².